The Labute approximate surface area is 122 Å². The summed E-state index contributed by atoms with van der Waals surface area (Å²) in [5.41, 5.74) is 3.53. The molecule has 0 amide bonds. The van der Waals surface area contributed by atoms with Gasteiger partial charge in [-0.3, -0.25) is 0 Å². The Morgan fingerprint density at radius 1 is 1.19 bits per heavy atom. The van der Waals surface area contributed by atoms with Gasteiger partial charge in [-0.15, -0.1) is 0 Å². The standard InChI is InChI=1S/C17H16FNO2/c18-15-6-3-12(4-7-15)11-19-9-1-2-13-10-14(17(20)21)5-8-16(13)19/h3-8,10H,1-2,9,11H2,(H,20,21). The van der Waals surface area contributed by atoms with Gasteiger partial charge in [0.2, 0.25) is 0 Å². The molecular formula is C17H16FNO2. The first-order valence-corrected chi connectivity index (χ1v) is 6.99. The minimum absolute atomic E-state index is 0.233. The zero-order valence-electron chi connectivity index (χ0n) is 11.6. The SMILES string of the molecule is O=C(O)c1ccc2c(c1)CCCN2Cc1ccc(F)cc1. The molecule has 0 radical (unpaired) electrons. The van der Waals surface area contributed by atoms with E-state index in [1.54, 1.807) is 24.3 Å². The van der Waals surface area contributed by atoms with Crippen LogP contribution in [-0.4, -0.2) is 17.6 Å². The summed E-state index contributed by atoms with van der Waals surface area (Å²) in [6, 6.07) is 11.8. The van der Waals surface area contributed by atoms with Crippen molar-refractivity contribution in [2.45, 2.75) is 19.4 Å². The van der Waals surface area contributed by atoms with E-state index in [0.29, 0.717) is 12.1 Å². The highest BCUT2D eigenvalue weighted by atomic mass is 19.1. The third-order valence-electron chi connectivity index (χ3n) is 3.83. The van der Waals surface area contributed by atoms with Crippen LogP contribution < -0.4 is 4.90 Å². The van der Waals surface area contributed by atoms with Gasteiger partial charge in [-0.2, -0.15) is 0 Å². The first-order valence-electron chi connectivity index (χ1n) is 6.99. The molecule has 3 rings (SSSR count). The van der Waals surface area contributed by atoms with E-state index in [2.05, 4.69) is 4.90 Å². The zero-order chi connectivity index (χ0) is 14.8. The van der Waals surface area contributed by atoms with Crippen LogP contribution in [0.5, 0.6) is 0 Å². The van der Waals surface area contributed by atoms with E-state index in [1.807, 2.05) is 6.07 Å². The average molecular weight is 285 g/mol. The van der Waals surface area contributed by atoms with Crippen molar-refractivity contribution < 1.29 is 14.3 Å². The van der Waals surface area contributed by atoms with E-state index in [4.69, 9.17) is 5.11 Å². The molecule has 21 heavy (non-hydrogen) atoms. The topological polar surface area (TPSA) is 40.5 Å². The normalized spacial score (nSPS) is 13.9. The molecular weight excluding hydrogens is 269 g/mol. The maximum atomic E-state index is 13.0. The molecule has 0 saturated heterocycles. The summed E-state index contributed by atoms with van der Waals surface area (Å²) in [6.07, 6.45) is 1.90. The second kappa shape index (κ2) is 5.56. The molecule has 0 atom stereocenters. The molecule has 0 aromatic heterocycles. The largest absolute Gasteiger partial charge is 0.478 e. The number of carboxylic acids is 1. The lowest BCUT2D eigenvalue weighted by Crippen LogP contribution is -2.29. The maximum absolute atomic E-state index is 13.0. The number of benzene rings is 2. The molecule has 4 heteroatoms. The average Bonchev–Trinajstić information content (AvgIpc) is 2.49. The number of hydrogen-bond donors (Lipinski definition) is 1. The number of aromatic carboxylic acids is 1. The lowest BCUT2D eigenvalue weighted by atomic mass is 9.98. The van der Waals surface area contributed by atoms with E-state index >= 15 is 0 Å². The maximum Gasteiger partial charge on any atom is 0.335 e. The van der Waals surface area contributed by atoms with Crippen LogP contribution in [0.2, 0.25) is 0 Å². The minimum Gasteiger partial charge on any atom is -0.478 e. The van der Waals surface area contributed by atoms with E-state index < -0.39 is 5.97 Å². The first-order chi connectivity index (χ1) is 10.1. The first kappa shape index (κ1) is 13.6. The summed E-state index contributed by atoms with van der Waals surface area (Å²) in [7, 11) is 0. The Bertz CT molecular complexity index is 667. The molecule has 2 aromatic carbocycles. The molecule has 1 aliphatic heterocycles. The molecule has 0 fully saturated rings. The molecule has 3 nitrogen and oxygen atoms in total. The number of fused-ring (bicyclic) bond motifs is 1. The van der Waals surface area contributed by atoms with E-state index in [9.17, 15) is 9.18 Å². The van der Waals surface area contributed by atoms with Crippen LogP contribution in [0.1, 0.15) is 27.9 Å². The predicted molar refractivity (Wildman–Crippen MR) is 79.2 cm³/mol. The van der Waals surface area contributed by atoms with Crippen LogP contribution in [0.3, 0.4) is 0 Å². The van der Waals surface area contributed by atoms with Gasteiger partial charge in [0.15, 0.2) is 0 Å². The van der Waals surface area contributed by atoms with Crippen molar-refractivity contribution in [2.75, 3.05) is 11.4 Å². The molecule has 2 aromatic rings. The monoisotopic (exact) mass is 285 g/mol. The zero-order valence-corrected chi connectivity index (χ0v) is 11.6. The summed E-state index contributed by atoms with van der Waals surface area (Å²) in [4.78, 5) is 13.3. The molecule has 0 unspecified atom stereocenters. The van der Waals surface area contributed by atoms with Crippen LogP contribution in [0.4, 0.5) is 10.1 Å². The number of carboxylic acid groups (broad SMARTS) is 1. The molecule has 0 saturated carbocycles. The molecule has 108 valence electrons. The van der Waals surface area contributed by atoms with Gasteiger partial charge in [-0.25, -0.2) is 9.18 Å². The van der Waals surface area contributed by atoms with Crippen LogP contribution in [0.15, 0.2) is 42.5 Å². The van der Waals surface area contributed by atoms with E-state index in [0.717, 1.165) is 36.2 Å². The molecule has 1 heterocycles. The summed E-state index contributed by atoms with van der Waals surface area (Å²) in [5.74, 6) is -1.13. The van der Waals surface area contributed by atoms with Crippen molar-refractivity contribution in [1.29, 1.82) is 0 Å². The molecule has 0 spiro atoms. The number of halogens is 1. The van der Waals surface area contributed by atoms with Crippen molar-refractivity contribution in [3.63, 3.8) is 0 Å². The summed E-state index contributed by atoms with van der Waals surface area (Å²) < 4.78 is 13.0. The minimum atomic E-state index is -0.895. The fourth-order valence-corrected chi connectivity index (χ4v) is 2.78. The second-order valence-electron chi connectivity index (χ2n) is 5.30. The number of hydrogen-bond acceptors (Lipinski definition) is 2. The molecule has 1 N–H and O–H groups in total. The van der Waals surface area contributed by atoms with Crippen LogP contribution in [-0.2, 0) is 13.0 Å². The fourth-order valence-electron chi connectivity index (χ4n) is 2.78. The smallest absolute Gasteiger partial charge is 0.335 e. The third-order valence-corrected chi connectivity index (χ3v) is 3.83. The Kier molecular flexibility index (Phi) is 3.60. The van der Waals surface area contributed by atoms with Gasteiger partial charge in [-0.1, -0.05) is 12.1 Å². The Morgan fingerprint density at radius 2 is 1.95 bits per heavy atom. The highest BCUT2D eigenvalue weighted by Gasteiger charge is 2.18. The quantitative estimate of drug-likeness (QED) is 0.938. The Morgan fingerprint density at radius 3 is 2.67 bits per heavy atom. The van der Waals surface area contributed by atoms with Gasteiger partial charge < -0.3 is 10.0 Å². The van der Waals surface area contributed by atoms with Gasteiger partial charge in [0.25, 0.3) is 0 Å². The predicted octanol–water partition coefficient (Wildman–Crippen LogP) is 3.48. The van der Waals surface area contributed by atoms with Crippen molar-refractivity contribution in [1.82, 2.24) is 0 Å². The van der Waals surface area contributed by atoms with Gasteiger partial charge >= 0.3 is 5.97 Å². The molecule has 0 aliphatic carbocycles. The number of nitrogens with zero attached hydrogens (tertiary/aromatic N) is 1. The van der Waals surface area contributed by atoms with Gasteiger partial charge in [0, 0.05) is 18.8 Å². The third kappa shape index (κ3) is 2.89. The number of carbonyl (C=O) groups is 1. The van der Waals surface area contributed by atoms with Crippen molar-refractivity contribution in [3.05, 3.63) is 65.0 Å². The second-order valence-corrected chi connectivity index (χ2v) is 5.30. The molecule has 1 aliphatic rings. The van der Waals surface area contributed by atoms with Crippen LogP contribution >= 0.6 is 0 Å². The highest BCUT2D eigenvalue weighted by molar-refractivity contribution is 5.88. The fraction of sp³-hybridized carbons (Fsp3) is 0.235. The van der Waals surface area contributed by atoms with Crippen molar-refractivity contribution >= 4 is 11.7 Å². The number of aryl methyl sites for hydroxylation is 1. The van der Waals surface area contributed by atoms with Crippen molar-refractivity contribution in [3.8, 4) is 0 Å². The molecule has 0 bridgehead atoms. The summed E-state index contributed by atoms with van der Waals surface area (Å²) in [6.45, 7) is 1.64. The van der Waals surface area contributed by atoms with Gasteiger partial charge in [-0.05, 0) is 54.3 Å². The lowest BCUT2D eigenvalue weighted by molar-refractivity contribution is 0.0696. The van der Waals surface area contributed by atoms with E-state index in [1.165, 1.54) is 12.1 Å². The van der Waals surface area contributed by atoms with Crippen molar-refractivity contribution in [2.24, 2.45) is 0 Å². The summed E-state index contributed by atoms with van der Waals surface area (Å²) in [5, 5.41) is 9.06. The number of anilines is 1. The van der Waals surface area contributed by atoms with Gasteiger partial charge in [0.1, 0.15) is 5.82 Å². The van der Waals surface area contributed by atoms with Crippen LogP contribution in [0.25, 0.3) is 0 Å². The Balaban J connectivity index is 1.86. The van der Waals surface area contributed by atoms with Crippen LogP contribution in [0, 0.1) is 5.82 Å². The van der Waals surface area contributed by atoms with E-state index in [-0.39, 0.29) is 5.82 Å². The Hall–Kier alpha value is -2.36. The number of rotatable bonds is 3. The lowest BCUT2D eigenvalue weighted by Gasteiger charge is -2.31. The highest BCUT2D eigenvalue weighted by Crippen LogP contribution is 2.29. The summed E-state index contributed by atoms with van der Waals surface area (Å²) >= 11 is 0. The van der Waals surface area contributed by atoms with Gasteiger partial charge in [0.05, 0.1) is 5.56 Å².